The van der Waals surface area contributed by atoms with Gasteiger partial charge in [0.25, 0.3) is 0 Å². The van der Waals surface area contributed by atoms with Gasteiger partial charge in [0.2, 0.25) is 5.91 Å². The summed E-state index contributed by atoms with van der Waals surface area (Å²) in [5, 5.41) is 10.4. The van der Waals surface area contributed by atoms with Gasteiger partial charge in [-0.2, -0.15) is 0 Å². The molecule has 1 aliphatic carbocycles. The van der Waals surface area contributed by atoms with E-state index in [1.54, 1.807) is 6.07 Å². The fourth-order valence-corrected chi connectivity index (χ4v) is 4.69. The van der Waals surface area contributed by atoms with Crippen LogP contribution in [0.3, 0.4) is 0 Å². The average molecular weight is 443 g/mol. The highest BCUT2D eigenvalue weighted by molar-refractivity contribution is 5.98. The first-order valence-electron chi connectivity index (χ1n) is 11.8. The van der Waals surface area contributed by atoms with Gasteiger partial charge in [0.05, 0.1) is 12.5 Å². The van der Waals surface area contributed by atoms with Crippen LogP contribution in [0.5, 0.6) is 5.75 Å². The zero-order valence-electron chi connectivity index (χ0n) is 20.1. The van der Waals surface area contributed by atoms with Gasteiger partial charge in [0, 0.05) is 25.5 Å². The lowest BCUT2D eigenvalue weighted by Crippen LogP contribution is -2.36. The third kappa shape index (κ3) is 4.90. The monoisotopic (exact) mass is 442 g/mol. The number of carbonyl (C=O) groups is 1. The summed E-state index contributed by atoms with van der Waals surface area (Å²) >= 11 is 0. The van der Waals surface area contributed by atoms with Crippen molar-refractivity contribution in [3.63, 3.8) is 0 Å². The molecule has 1 atom stereocenters. The quantitative estimate of drug-likeness (QED) is 0.492. The van der Waals surface area contributed by atoms with Crippen LogP contribution in [0.15, 0.2) is 66.7 Å². The predicted molar refractivity (Wildman–Crippen MR) is 136 cm³/mol. The summed E-state index contributed by atoms with van der Waals surface area (Å²) in [6.07, 6.45) is 2.52. The minimum atomic E-state index is -0.244. The van der Waals surface area contributed by atoms with Crippen molar-refractivity contribution in [3.05, 3.63) is 89.0 Å². The smallest absolute Gasteiger partial charge is 0.234 e. The van der Waals surface area contributed by atoms with Crippen molar-refractivity contribution in [1.29, 1.82) is 0 Å². The highest BCUT2D eigenvalue weighted by Gasteiger charge is 2.32. The molecular weight excluding hydrogens is 408 g/mol. The van der Waals surface area contributed by atoms with Crippen LogP contribution in [-0.4, -0.2) is 25.1 Å². The number of hydrogen-bond donors (Lipinski definition) is 1. The van der Waals surface area contributed by atoms with E-state index in [4.69, 9.17) is 0 Å². The second-order valence-electron chi connectivity index (χ2n) is 9.52. The molecule has 0 aromatic heterocycles. The molecule has 1 amide bonds. The van der Waals surface area contributed by atoms with Gasteiger partial charge in [-0.15, -0.1) is 0 Å². The van der Waals surface area contributed by atoms with Crippen molar-refractivity contribution >= 4 is 17.3 Å². The summed E-state index contributed by atoms with van der Waals surface area (Å²) in [5.41, 5.74) is 6.29. The summed E-state index contributed by atoms with van der Waals surface area (Å²) < 4.78 is 0. The van der Waals surface area contributed by atoms with Crippen LogP contribution in [0.1, 0.15) is 60.8 Å². The SMILES string of the molecule is CC(C)c1ccc(N(Cc2ccc(N(C)C)cc2)C(=O)C2CCCc3c(O)cccc32)cc1. The van der Waals surface area contributed by atoms with Crippen LogP contribution in [0.25, 0.3) is 0 Å². The topological polar surface area (TPSA) is 43.8 Å². The number of fused-ring (bicyclic) bond motifs is 1. The predicted octanol–water partition coefficient (Wildman–Crippen LogP) is 6.23. The molecule has 33 heavy (non-hydrogen) atoms. The largest absolute Gasteiger partial charge is 0.508 e. The molecule has 1 unspecified atom stereocenters. The number of amides is 1. The van der Waals surface area contributed by atoms with E-state index >= 15 is 0 Å². The standard InChI is InChI=1S/C29H34N2O2/c1-20(2)22-13-17-24(18-14-22)31(19-21-11-15-23(16-12-21)30(3)4)29(33)27-9-5-8-26-25(27)7-6-10-28(26)32/h6-7,10-18,20,27,32H,5,8-9,19H2,1-4H3. The van der Waals surface area contributed by atoms with Crippen molar-refractivity contribution in [1.82, 2.24) is 0 Å². The van der Waals surface area contributed by atoms with E-state index in [-0.39, 0.29) is 11.8 Å². The lowest BCUT2D eigenvalue weighted by atomic mass is 9.81. The van der Waals surface area contributed by atoms with Crippen molar-refractivity contribution in [2.45, 2.75) is 51.5 Å². The summed E-state index contributed by atoms with van der Waals surface area (Å²) in [6, 6.07) is 22.3. The molecular formula is C29H34N2O2. The Kier molecular flexibility index (Phi) is 6.73. The number of hydrogen-bond acceptors (Lipinski definition) is 3. The molecule has 0 saturated carbocycles. The van der Waals surface area contributed by atoms with Gasteiger partial charge in [-0.3, -0.25) is 4.79 Å². The van der Waals surface area contributed by atoms with Crippen LogP contribution in [-0.2, 0) is 17.8 Å². The molecule has 4 rings (SSSR count). The number of benzene rings is 3. The number of rotatable bonds is 6. The minimum Gasteiger partial charge on any atom is -0.508 e. The van der Waals surface area contributed by atoms with E-state index in [1.165, 1.54) is 5.56 Å². The van der Waals surface area contributed by atoms with Crippen molar-refractivity contribution in [2.75, 3.05) is 23.9 Å². The molecule has 0 spiro atoms. The zero-order chi connectivity index (χ0) is 23.5. The lowest BCUT2D eigenvalue weighted by Gasteiger charge is -2.31. The maximum Gasteiger partial charge on any atom is 0.234 e. The van der Waals surface area contributed by atoms with Crippen LogP contribution in [0.4, 0.5) is 11.4 Å². The Morgan fingerprint density at radius 3 is 2.27 bits per heavy atom. The number of phenolic OH excluding ortho intramolecular Hbond substituents is 1. The van der Waals surface area contributed by atoms with E-state index in [9.17, 15) is 9.90 Å². The molecule has 172 valence electrons. The molecule has 0 fully saturated rings. The fourth-order valence-electron chi connectivity index (χ4n) is 4.69. The van der Waals surface area contributed by atoms with Crippen LogP contribution < -0.4 is 9.80 Å². The van der Waals surface area contributed by atoms with E-state index < -0.39 is 0 Å². The average Bonchev–Trinajstić information content (AvgIpc) is 2.82. The Morgan fingerprint density at radius 2 is 1.64 bits per heavy atom. The third-order valence-corrected chi connectivity index (χ3v) is 6.71. The van der Waals surface area contributed by atoms with Gasteiger partial charge in [0.1, 0.15) is 5.75 Å². The Bertz CT molecular complexity index is 1100. The van der Waals surface area contributed by atoms with Gasteiger partial charge in [-0.05, 0) is 77.8 Å². The maximum atomic E-state index is 14.0. The van der Waals surface area contributed by atoms with Gasteiger partial charge in [-0.25, -0.2) is 0 Å². The van der Waals surface area contributed by atoms with E-state index in [2.05, 4.69) is 67.3 Å². The third-order valence-electron chi connectivity index (χ3n) is 6.71. The molecule has 0 radical (unpaired) electrons. The van der Waals surface area contributed by atoms with Crippen molar-refractivity contribution in [2.24, 2.45) is 0 Å². The van der Waals surface area contributed by atoms with Gasteiger partial charge in [0.15, 0.2) is 0 Å². The highest BCUT2D eigenvalue weighted by atomic mass is 16.3. The molecule has 4 heteroatoms. The van der Waals surface area contributed by atoms with Crippen LogP contribution in [0, 0.1) is 0 Å². The molecule has 0 saturated heterocycles. The molecule has 1 N–H and O–H groups in total. The summed E-state index contributed by atoms with van der Waals surface area (Å²) in [4.78, 5) is 18.0. The first kappa shape index (κ1) is 22.9. The number of carbonyl (C=O) groups excluding carboxylic acids is 1. The molecule has 4 nitrogen and oxygen atoms in total. The Hall–Kier alpha value is -3.27. The molecule has 0 aliphatic heterocycles. The number of anilines is 2. The van der Waals surface area contributed by atoms with Gasteiger partial charge >= 0.3 is 0 Å². The Labute approximate surface area is 197 Å². The maximum absolute atomic E-state index is 14.0. The first-order valence-corrected chi connectivity index (χ1v) is 11.8. The van der Waals surface area contributed by atoms with Gasteiger partial charge < -0.3 is 14.9 Å². The number of aromatic hydroxyl groups is 1. The van der Waals surface area contributed by atoms with Crippen molar-refractivity contribution in [3.8, 4) is 5.75 Å². The van der Waals surface area contributed by atoms with E-state index in [0.717, 1.165) is 47.3 Å². The second-order valence-corrected chi connectivity index (χ2v) is 9.52. The Balaban J connectivity index is 1.69. The molecule has 0 heterocycles. The first-order chi connectivity index (χ1) is 15.8. The Morgan fingerprint density at radius 1 is 0.970 bits per heavy atom. The van der Waals surface area contributed by atoms with E-state index in [1.807, 2.05) is 31.1 Å². The van der Waals surface area contributed by atoms with Crippen LogP contribution >= 0.6 is 0 Å². The van der Waals surface area contributed by atoms with Crippen LogP contribution in [0.2, 0.25) is 0 Å². The molecule has 3 aromatic rings. The lowest BCUT2D eigenvalue weighted by molar-refractivity contribution is -0.120. The summed E-state index contributed by atoms with van der Waals surface area (Å²) in [7, 11) is 4.05. The highest BCUT2D eigenvalue weighted by Crippen LogP contribution is 2.38. The van der Waals surface area contributed by atoms with Crippen molar-refractivity contribution < 1.29 is 9.90 Å². The number of nitrogens with zero attached hydrogens (tertiary/aromatic N) is 2. The normalized spacial score (nSPS) is 15.2. The molecule has 0 bridgehead atoms. The molecule has 1 aliphatic rings. The number of phenols is 1. The second kappa shape index (κ2) is 9.70. The zero-order valence-corrected chi connectivity index (χ0v) is 20.1. The fraction of sp³-hybridized carbons (Fsp3) is 0.345. The van der Waals surface area contributed by atoms with E-state index in [0.29, 0.717) is 18.2 Å². The molecule has 3 aromatic carbocycles. The summed E-state index contributed by atoms with van der Waals surface area (Å²) in [5.74, 6) is 0.592. The summed E-state index contributed by atoms with van der Waals surface area (Å²) in [6.45, 7) is 4.86. The van der Waals surface area contributed by atoms with Gasteiger partial charge in [-0.1, -0.05) is 50.2 Å². The minimum absolute atomic E-state index is 0.0931.